The van der Waals surface area contributed by atoms with E-state index in [1.54, 1.807) is 19.9 Å². The molecule has 0 bridgehead atoms. The van der Waals surface area contributed by atoms with Crippen molar-refractivity contribution in [2.75, 3.05) is 11.9 Å². The minimum absolute atomic E-state index is 0.334. The Labute approximate surface area is 114 Å². The maximum absolute atomic E-state index is 11.0. The van der Waals surface area contributed by atoms with Gasteiger partial charge in [0.1, 0.15) is 0 Å². The molecule has 94 valence electrons. The van der Waals surface area contributed by atoms with E-state index in [4.69, 9.17) is 16.7 Å². The normalized spacial score (nSPS) is 11.4. The summed E-state index contributed by atoms with van der Waals surface area (Å²) < 4.78 is 0.876. The predicted octanol–water partition coefficient (Wildman–Crippen LogP) is 3.93. The van der Waals surface area contributed by atoms with Crippen molar-refractivity contribution in [1.82, 2.24) is 0 Å². The van der Waals surface area contributed by atoms with E-state index >= 15 is 0 Å². The number of rotatable bonds is 4. The molecular weight excluding hydrogens is 305 g/mol. The second-order valence-corrected chi connectivity index (χ2v) is 5.89. The van der Waals surface area contributed by atoms with Gasteiger partial charge in [0.05, 0.1) is 5.41 Å². The lowest BCUT2D eigenvalue weighted by molar-refractivity contribution is -0.146. The monoisotopic (exact) mass is 319 g/mol. The highest BCUT2D eigenvalue weighted by Crippen LogP contribution is 2.30. The molecule has 1 rings (SSSR count). The quantitative estimate of drug-likeness (QED) is 0.883. The molecule has 0 unspecified atom stereocenters. The lowest BCUT2D eigenvalue weighted by atomic mass is 9.94. The van der Waals surface area contributed by atoms with Crippen LogP contribution in [0.1, 0.15) is 19.4 Å². The number of carboxylic acids is 1. The van der Waals surface area contributed by atoms with Crippen LogP contribution in [0.25, 0.3) is 0 Å². The molecule has 0 spiro atoms. The van der Waals surface area contributed by atoms with Crippen molar-refractivity contribution in [3.05, 3.63) is 27.2 Å². The molecule has 0 aliphatic rings. The highest BCUT2D eigenvalue weighted by atomic mass is 79.9. The lowest BCUT2D eigenvalue weighted by Crippen LogP contribution is -2.31. The summed E-state index contributed by atoms with van der Waals surface area (Å²) in [5.74, 6) is -0.834. The van der Waals surface area contributed by atoms with Gasteiger partial charge in [-0.3, -0.25) is 4.79 Å². The first kappa shape index (κ1) is 14.3. The van der Waals surface area contributed by atoms with Crippen molar-refractivity contribution in [3.8, 4) is 0 Å². The molecule has 17 heavy (non-hydrogen) atoms. The van der Waals surface area contributed by atoms with Crippen LogP contribution in [0.15, 0.2) is 16.6 Å². The third kappa shape index (κ3) is 3.61. The van der Waals surface area contributed by atoms with Crippen LogP contribution >= 0.6 is 27.5 Å². The number of aliphatic carboxylic acids is 1. The molecule has 0 saturated carbocycles. The number of anilines is 1. The smallest absolute Gasteiger partial charge is 0.310 e. The van der Waals surface area contributed by atoms with Gasteiger partial charge in [0.2, 0.25) is 0 Å². The van der Waals surface area contributed by atoms with E-state index in [0.717, 1.165) is 15.7 Å². The molecule has 2 N–H and O–H groups in total. The molecule has 0 saturated heterocycles. The standard InChI is InChI=1S/C12H15BrClNO2/c1-7-4-8(13)10(5-9(7)14)15-6-12(2,3)11(16)17/h4-5,15H,6H2,1-3H3,(H,16,17). The molecule has 0 atom stereocenters. The first-order chi connectivity index (χ1) is 7.74. The van der Waals surface area contributed by atoms with Crippen LogP contribution in [0.3, 0.4) is 0 Å². The summed E-state index contributed by atoms with van der Waals surface area (Å²) in [6.45, 7) is 5.59. The number of carbonyl (C=O) groups is 1. The first-order valence-corrected chi connectivity index (χ1v) is 6.34. The van der Waals surface area contributed by atoms with Crippen molar-refractivity contribution in [3.63, 3.8) is 0 Å². The average molecular weight is 321 g/mol. The van der Waals surface area contributed by atoms with Gasteiger partial charge in [-0.05, 0) is 54.4 Å². The van der Waals surface area contributed by atoms with Gasteiger partial charge in [-0.2, -0.15) is 0 Å². The minimum Gasteiger partial charge on any atom is -0.481 e. The van der Waals surface area contributed by atoms with Crippen LogP contribution in [-0.2, 0) is 4.79 Å². The van der Waals surface area contributed by atoms with Crippen molar-refractivity contribution >= 4 is 39.2 Å². The van der Waals surface area contributed by atoms with Gasteiger partial charge in [0, 0.05) is 21.7 Å². The third-order valence-corrected chi connectivity index (χ3v) is 3.61. The zero-order chi connectivity index (χ0) is 13.2. The molecule has 0 heterocycles. The number of halogens is 2. The zero-order valence-corrected chi connectivity index (χ0v) is 12.3. The molecule has 1 aromatic rings. The van der Waals surface area contributed by atoms with E-state index in [1.165, 1.54) is 0 Å². The molecule has 5 heteroatoms. The molecule has 3 nitrogen and oxygen atoms in total. The van der Waals surface area contributed by atoms with E-state index in [2.05, 4.69) is 21.2 Å². The Bertz CT molecular complexity index is 446. The largest absolute Gasteiger partial charge is 0.481 e. The van der Waals surface area contributed by atoms with Crippen LogP contribution in [0.2, 0.25) is 5.02 Å². The molecule has 0 radical (unpaired) electrons. The van der Waals surface area contributed by atoms with Gasteiger partial charge in [0.25, 0.3) is 0 Å². The summed E-state index contributed by atoms with van der Waals surface area (Å²) in [4.78, 5) is 11.0. The van der Waals surface area contributed by atoms with E-state index in [-0.39, 0.29) is 0 Å². The molecule has 0 aromatic heterocycles. The number of benzene rings is 1. The van der Waals surface area contributed by atoms with Crippen molar-refractivity contribution in [1.29, 1.82) is 0 Å². The van der Waals surface area contributed by atoms with Crippen LogP contribution in [-0.4, -0.2) is 17.6 Å². The molecule has 0 aliphatic carbocycles. The summed E-state index contributed by atoms with van der Waals surface area (Å²) in [6.07, 6.45) is 0. The second-order valence-electron chi connectivity index (χ2n) is 4.62. The van der Waals surface area contributed by atoms with Crippen LogP contribution in [0, 0.1) is 12.3 Å². The number of aryl methyl sites for hydroxylation is 1. The summed E-state index contributed by atoms with van der Waals surface area (Å²) in [6, 6.07) is 3.69. The van der Waals surface area contributed by atoms with E-state index in [9.17, 15) is 4.79 Å². The summed E-state index contributed by atoms with van der Waals surface area (Å²) in [7, 11) is 0. The van der Waals surface area contributed by atoms with Gasteiger partial charge in [-0.1, -0.05) is 11.6 Å². The van der Waals surface area contributed by atoms with Gasteiger partial charge >= 0.3 is 5.97 Å². The molecule has 0 amide bonds. The second kappa shape index (κ2) is 5.27. The van der Waals surface area contributed by atoms with Gasteiger partial charge in [-0.25, -0.2) is 0 Å². The number of hydrogen-bond donors (Lipinski definition) is 2. The van der Waals surface area contributed by atoms with Crippen molar-refractivity contribution < 1.29 is 9.90 Å². The summed E-state index contributed by atoms with van der Waals surface area (Å²) >= 11 is 9.44. The van der Waals surface area contributed by atoms with Crippen LogP contribution < -0.4 is 5.32 Å². The van der Waals surface area contributed by atoms with Crippen LogP contribution in [0.4, 0.5) is 5.69 Å². The Kier molecular flexibility index (Phi) is 4.44. The van der Waals surface area contributed by atoms with Crippen molar-refractivity contribution in [2.45, 2.75) is 20.8 Å². The van der Waals surface area contributed by atoms with Gasteiger partial charge in [0.15, 0.2) is 0 Å². The Morgan fingerprint density at radius 2 is 2.12 bits per heavy atom. The van der Waals surface area contributed by atoms with Crippen molar-refractivity contribution in [2.24, 2.45) is 5.41 Å². The fraction of sp³-hybridized carbons (Fsp3) is 0.417. The zero-order valence-electron chi connectivity index (χ0n) is 9.97. The Hall–Kier alpha value is -0.740. The van der Waals surface area contributed by atoms with E-state index in [1.807, 2.05) is 13.0 Å². The first-order valence-electron chi connectivity index (χ1n) is 5.17. The average Bonchev–Trinajstić information content (AvgIpc) is 2.21. The third-order valence-electron chi connectivity index (χ3n) is 2.55. The highest BCUT2D eigenvalue weighted by Gasteiger charge is 2.26. The predicted molar refractivity (Wildman–Crippen MR) is 73.8 cm³/mol. The molecule has 0 aliphatic heterocycles. The fourth-order valence-electron chi connectivity index (χ4n) is 1.17. The maximum Gasteiger partial charge on any atom is 0.310 e. The van der Waals surface area contributed by atoms with Gasteiger partial charge in [-0.15, -0.1) is 0 Å². The fourth-order valence-corrected chi connectivity index (χ4v) is 1.94. The van der Waals surface area contributed by atoms with E-state index < -0.39 is 11.4 Å². The number of nitrogens with one attached hydrogen (secondary N) is 1. The maximum atomic E-state index is 11.0. The Morgan fingerprint density at radius 3 is 2.65 bits per heavy atom. The highest BCUT2D eigenvalue weighted by molar-refractivity contribution is 9.10. The summed E-state index contributed by atoms with van der Waals surface area (Å²) in [5, 5.41) is 12.8. The van der Waals surface area contributed by atoms with Crippen LogP contribution in [0.5, 0.6) is 0 Å². The van der Waals surface area contributed by atoms with E-state index in [0.29, 0.717) is 11.6 Å². The molecular formula is C12H15BrClNO2. The SMILES string of the molecule is Cc1cc(Br)c(NCC(C)(C)C(=O)O)cc1Cl. The minimum atomic E-state index is -0.834. The number of hydrogen-bond acceptors (Lipinski definition) is 2. The molecule has 1 aromatic carbocycles. The Morgan fingerprint density at radius 1 is 1.53 bits per heavy atom. The molecule has 0 fully saturated rings. The number of carboxylic acid groups (broad SMARTS) is 1. The van der Waals surface area contributed by atoms with Gasteiger partial charge < -0.3 is 10.4 Å². The summed E-state index contributed by atoms with van der Waals surface area (Å²) in [5.41, 5.74) is 0.952. The topological polar surface area (TPSA) is 49.3 Å². The Balaban J connectivity index is 2.83. The lowest BCUT2D eigenvalue weighted by Gasteiger charge is -2.21.